The van der Waals surface area contributed by atoms with E-state index in [0.29, 0.717) is 6.04 Å². The van der Waals surface area contributed by atoms with Crippen LogP contribution in [0.1, 0.15) is 63.1 Å². The van der Waals surface area contributed by atoms with Crippen LogP contribution < -0.4 is 5.32 Å². The van der Waals surface area contributed by atoms with Gasteiger partial charge in [0.05, 0.1) is 0 Å². The van der Waals surface area contributed by atoms with Gasteiger partial charge in [0.1, 0.15) is 0 Å². The summed E-state index contributed by atoms with van der Waals surface area (Å²) in [6, 6.07) is 7.48. The van der Waals surface area contributed by atoms with E-state index in [2.05, 4.69) is 57.8 Å². The second kappa shape index (κ2) is 6.68. The summed E-state index contributed by atoms with van der Waals surface area (Å²) in [6.07, 6.45) is 7.21. The molecule has 0 saturated carbocycles. The Balaban J connectivity index is 2.06. The number of rotatable bonds is 7. The van der Waals surface area contributed by atoms with E-state index in [9.17, 15) is 0 Å². The van der Waals surface area contributed by atoms with Gasteiger partial charge in [-0.05, 0) is 43.7 Å². The molecule has 1 nitrogen and oxygen atoms in total. The molecule has 1 unspecified atom stereocenters. The summed E-state index contributed by atoms with van der Waals surface area (Å²) < 4.78 is 0. The molecule has 0 aliphatic heterocycles. The Kier molecular flexibility index (Phi) is 5.13. The smallest absolute Gasteiger partial charge is 0.0258 e. The molecule has 116 valence electrons. The molecule has 0 fully saturated rings. The van der Waals surface area contributed by atoms with Crippen LogP contribution in [0.15, 0.2) is 30.5 Å². The molecule has 0 heterocycles. The highest BCUT2D eigenvalue weighted by Crippen LogP contribution is 2.41. The molecule has 2 rings (SSSR count). The Morgan fingerprint density at radius 3 is 2.43 bits per heavy atom. The predicted molar refractivity (Wildman–Crippen MR) is 92.6 cm³/mol. The summed E-state index contributed by atoms with van der Waals surface area (Å²) >= 11 is 0. The quantitative estimate of drug-likeness (QED) is 0.728. The second-order valence-electron chi connectivity index (χ2n) is 7.08. The van der Waals surface area contributed by atoms with Gasteiger partial charge in [-0.3, -0.25) is 0 Å². The molecule has 0 aromatic heterocycles. The summed E-state index contributed by atoms with van der Waals surface area (Å²) in [7, 11) is 0. The first-order valence-corrected chi connectivity index (χ1v) is 8.53. The fourth-order valence-corrected chi connectivity index (χ4v) is 3.61. The van der Waals surface area contributed by atoms with Gasteiger partial charge in [0.2, 0.25) is 0 Å². The Bertz CT molecular complexity index is 497. The van der Waals surface area contributed by atoms with Gasteiger partial charge in [0, 0.05) is 17.2 Å². The standard InChI is InChI=1S/C20H31N/c1-6-8-19(9-7-2)21-16(4)20(5)13-17-11-10-15(3)12-18(17)14-20/h10-12,19,21H,4,6-9,13-14H2,1-3,5H3. The zero-order valence-corrected chi connectivity index (χ0v) is 14.3. The Hall–Kier alpha value is -1.24. The van der Waals surface area contributed by atoms with Crippen molar-refractivity contribution in [2.75, 3.05) is 0 Å². The molecule has 0 radical (unpaired) electrons. The zero-order chi connectivity index (χ0) is 15.5. The highest BCUT2D eigenvalue weighted by molar-refractivity contribution is 5.40. The van der Waals surface area contributed by atoms with Gasteiger partial charge in [-0.2, -0.15) is 0 Å². The highest BCUT2D eigenvalue weighted by Gasteiger charge is 2.35. The van der Waals surface area contributed by atoms with E-state index < -0.39 is 0 Å². The number of nitrogens with one attached hydrogen (secondary N) is 1. The molecule has 1 heteroatoms. The third-order valence-corrected chi connectivity index (χ3v) is 4.90. The van der Waals surface area contributed by atoms with Gasteiger partial charge in [0.15, 0.2) is 0 Å². The van der Waals surface area contributed by atoms with E-state index in [0.717, 1.165) is 12.8 Å². The summed E-state index contributed by atoms with van der Waals surface area (Å²) in [5.74, 6) is 0. The molecule has 1 aliphatic carbocycles. The Morgan fingerprint density at radius 2 is 1.81 bits per heavy atom. The second-order valence-corrected chi connectivity index (χ2v) is 7.08. The first-order valence-electron chi connectivity index (χ1n) is 8.53. The Labute approximate surface area is 130 Å². The van der Waals surface area contributed by atoms with Crippen molar-refractivity contribution >= 4 is 0 Å². The lowest BCUT2D eigenvalue weighted by Gasteiger charge is -2.31. The molecule has 21 heavy (non-hydrogen) atoms. The van der Waals surface area contributed by atoms with Gasteiger partial charge >= 0.3 is 0 Å². The molecule has 1 atom stereocenters. The monoisotopic (exact) mass is 285 g/mol. The van der Waals surface area contributed by atoms with Crippen LogP contribution in [-0.4, -0.2) is 6.04 Å². The lowest BCUT2D eigenvalue weighted by molar-refractivity contribution is 0.360. The van der Waals surface area contributed by atoms with Gasteiger partial charge in [-0.1, -0.05) is 64.0 Å². The van der Waals surface area contributed by atoms with Crippen molar-refractivity contribution in [3.63, 3.8) is 0 Å². The largest absolute Gasteiger partial charge is 0.386 e. The summed E-state index contributed by atoms with van der Waals surface area (Å²) in [6.45, 7) is 13.5. The van der Waals surface area contributed by atoms with Crippen molar-refractivity contribution in [1.29, 1.82) is 0 Å². The highest BCUT2D eigenvalue weighted by atomic mass is 14.9. The lowest BCUT2D eigenvalue weighted by atomic mass is 9.83. The maximum atomic E-state index is 4.41. The minimum absolute atomic E-state index is 0.176. The molecule has 0 bridgehead atoms. The van der Waals surface area contributed by atoms with Crippen LogP contribution >= 0.6 is 0 Å². The van der Waals surface area contributed by atoms with E-state index in [1.54, 1.807) is 0 Å². The molecule has 0 spiro atoms. The molecule has 1 aromatic carbocycles. The van der Waals surface area contributed by atoms with Crippen molar-refractivity contribution in [3.8, 4) is 0 Å². The summed E-state index contributed by atoms with van der Waals surface area (Å²) in [4.78, 5) is 0. The summed E-state index contributed by atoms with van der Waals surface area (Å²) in [5.41, 5.74) is 5.81. The number of benzene rings is 1. The molecule has 0 amide bonds. The minimum Gasteiger partial charge on any atom is -0.386 e. The van der Waals surface area contributed by atoms with E-state index in [1.165, 1.54) is 48.1 Å². The van der Waals surface area contributed by atoms with E-state index in [1.807, 2.05) is 0 Å². The predicted octanol–water partition coefficient (Wildman–Crippen LogP) is 5.17. The SMILES string of the molecule is C=C(NC(CCC)CCC)C1(C)Cc2ccc(C)cc2C1. The number of fused-ring (bicyclic) bond motifs is 1. The van der Waals surface area contributed by atoms with E-state index >= 15 is 0 Å². The molecule has 1 aliphatic rings. The van der Waals surface area contributed by atoms with Crippen LogP contribution in [0.2, 0.25) is 0 Å². The number of aryl methyl sites for hydroxylation is 1. The lowest BCUT2D eigenvalue weighted by Crippen LogP contribution is -2.36. The fourth-order valence-electron chi connectivity index (χ4n) is 3.61. The first kappa shape index (κ1) is 16.1. The minimum atomic E-state index is 0.176. The van der Waals surface area contributed by atoms with Crippen LogP contribution in [0, 0.1) is 12.3 Å². The molecular formula is C20H31N. The van der Waals surface area contributed by atoms with Crippen molar-refractivity contribution in [3.05, 3.63) is 47.2 Å². The number of allylic oxidation sites excluding steroid dienone is 1. The van der Waals surface area contributed by atoms with Crippen molar-refractivity contribution in [1.82, 2.24) is 5.32 Å². The molecular weight excluding hydrogens is 254 g/mol. The molecule has 0 saturated heterocycles. The van der Waals surface area contributed by atoms with Gasteiger partial charge in [-0.25, -0.2) is 0 Å². The van der Waals surface area contributed by atoms with Crippen LogP contribution in [0.4, 0.5) is 0 Å². The number of hydrogen-bond donors (Lipinski definition) is 1. The Morgan fingerprint density at radius 1 is 1.19 bits per heavy atom. The fraction of sp³-hybridized carbons (Fsp3) is 0.600. The van der Waals surface area contributed by atoms with Crippen molar-refractivity contribution in [2.24, 2.45) is 5.41 Å². The average molecular weight is 285 g/mol. The normalized spacial score (nSPS) is 20.6. The zero-order valence-electron chi connectivity index (χ0n) is 14.3. The summed E-state index contributed by atoms with van der Waals surface area (Å²) in [5, 5.41) is 3.76. The average Bonchev–Trinajstić information content (AvgIpc) is 2.76. The molecule has 1 aromatic rings. The molecule has 1 N–H and O–H groups in total. The van der Waals surface area contributed by atoms with Crippen molar-refractivity contribution in [2.45, 2.75) is 72.3 Å². The maximum absolute atomic E-state index is 4.41. The van der Waals surface area contributed by atoms with Crippen molar-refractivity contribution < 1.29 is 0 Å². The topological polar surface area (TPSA) is 12.0 Å². The third kappa shape index (κ3) is 3.70. The maximum Gasteiger partial charge on any atom is 0.0258 e. The van der Waals surface area contributed by atoms with Gasteiger partial charge in [0.25, 0.3) is 0 Å². The van der Waals surface area contributed by atoms with Crippen LogP contribution in [-0.2, 0) is 12.8 Å². The van der Waals surface area contributed by atoms with Crippen LogP contribution in [0.5, 0.6) is 0 Å². The van der Waals surface area contributed by atoms with Gasteiger partial charge in [-0.15, -0.1) is 0 Å². The van der Waals surface area contributed by atoms with Crippen LogP contribution in [0.25, 0.3) is 0 Å². The van der Waals surface area contributed by atoms with Crippen LogP contribution in [0.3, 0.4) is 0 Å². The van der Waals surface area contributed by atoms with Gasteiger partial charge < -0.3 is 5.32 Å². The van der Waals surface area contributed by atoms with E-state index in [-0.39, 0.29) is 5.41 Å². The first-order chi connectivity index (χ1) is 9.98. The van der Waals surface area contributed by atoms with E-state index in [4.69, 9.17) is 0 Å². The number of hydrogen-bond acceptors (Lipinski definition) is 1. The third-order valence-electron chi connectivity index (χ3n) is 4.90.